The average molecular weight is 250 g/mol. The van der Waals surface area contributed by atoms with Crippen LogP contribution in [0.4, 0.5) is 5.69 Å². The summed E-state index contributed by atoms with van der Waals surface area (Å²) < 4.78 is 4.91. The van der Waals surface area contributed by atoms with Crippen molar-refractivity contribution in [2.75, 3.05) is 12.3 Å². The van der Waals surface area contributed by atoms with Crippen LogP contribution in [0.5, 0.6) is 0 Å². The number of ketones is 1. The zero-order valence-electron chi connectivity index (χ0n) is 10.9. The minimum absolute atomic E-state index is 0.00875. The zero-order chi connectivity index (χ0) is 13.5. The highest BCUT2D eigenvalue weighted by molar-refractivity contribution is 6.08. The molecule has 3 N–H and O–H groups in total. The summed E-state index contributed by atoms with van der Waals surface area (Å²) in [5.41, 5.74) is 7.42. The number of aromatic amines is 1. The van der Waals surface area contributed by atoms with Crippen molar-refractivity contribution in [3.63, 3.8) is 0 Å². The molecule has 5 heteroatoms. The number of carbonyl (C=O) groups is 2. The first-order valence-electron chi connectivity index (χ1n) is 6.06. The van der Waals surface area contributed by atoms with E-state index >= 15 is 0 Å². The van der Waals surface area contributed by atoms with Gasteiger partial charge in [-0.1, -0.05) is 13.8 Å². The topological polar surface area (TPSA) is 85.2 Å². The van der Waals surface area contributed by atoms with Gasteiger partial charge in [-0.3, -0.25) is 4.79 Å². The van der Waals surface area contributed by atoms with Crippen LogP contribution in [0.15, 0.2) is 0 Å². The number of esters is 1. The molecule has 18 heavy (non-hydrogen) atoms. The van der Waals surface area contributed by atoms with Crippen LogP contribution in [-0.4, -0.2) is 23.3 Å². The number of anilines is 1. The normalized spacial score (nSPS) is 17.4. The Morgan fingerprint density at radius 1 is 1.44 bits per heavy atom. The van der Waals surface area contributed by atoms with Gasteiger partial charge in [0.25, 0.3) is 0 Å². The van der Waals surface area contributed by atoms with Crippen molar-refractivity contribution in [1.82, 2.24) is 4.98 Å². The molecule has 1 aliphatic carbocycles. The van der Waals surface area contributed by atoms with Crippen LogP contribution >= 0.6 is 0 Å². The molecular formula is C13H18N2O3. The van der Waals surface area contributed by atoms with Gasteiger partial charge in [0.1, 0.15) is 5.69 Å². The maximum absolute atomic E-state index is 12.1. The quantitative estimate of drug-likeness (QED) is 0.785. The van der Waals surface area contributed by atoms with Crippen LogP contribution in [0, 0.1) is 5.41 Å². The minimum atomic E-state index is -0.505. The van der Waals surface area contributed by atoms with Gasteiger partial charge in [0.05, 0.1) is 17.9 Å². The van der Waals surface area contributed by atoms with E-state index in [-0.39, 0.29) is 29.2 Å². The van der Waals surface area contributed by atoms with Crippen molar-refractivity contribution in [2.45, 2.75) is 33.6 Å². The van der Waals surface area contributed by atoms with E-state index in [1.807, 2.05) is 13.8 Å². The number of nitrogens with two attached hydrogens (primary N) is 1. The lowest BCUT2D eigenvalue weighted by molar-refractivity contribution is 0.0521. The largest absolute Gasteiger partial charge is 0.461 e. The highest BCUT2D eigenvalue weighted by atomic mass is 16.5. The van der Waals surface area contributed by atoms with Gasteiger partial charge in [0.15, 0.2) is 5.78 Å². The molecule has 0 saturated carbocycles. The molecule has 0 aliphatic heterocycles. The van der Waals surface area contributed by atoms with E-state index in [4.69, 9.17) is 10.5 Å². The number of Topliss-reactive ketones (excluding diaryl/α,β-unsaturated/α-hetero) is 1. The third-order valence-corrected chi connectivity index (χ3v) is 3.17. The van der Waals surface area contributed by atoms with Crippen LogP contribution in [0.1, 0.15) is 53.7 Å². The third-order valence-electron chi connectivity index (χ3n) is 3.17. The van der Waals surface area contributed by atoms with Crippen molar-refractivity contribution in [3.8, 4) is 0 Å². The molecule has 98 valence electrons. The molecule has 0 spiro atoms. The van der Waals surface area contributed by atoms with E-state index in [1.165, 1.54) is 0 Å². The van der Waals surface area contributed by atoms with Gasteiger partial charge in [-0.2, -0.15) is 0 Å². The smallest absolute Gasteiger partial charge is 0.356 e. The van der Waals surface area contributed by atoms with Gasteiger partial charge in [0.2, 0.25) is 0 Å². The molecule has 1 aromatic heterocycles. The van der Waals surface area contributed by atoms with Gasteiger partial charge in [-0.05, 0) is 18.8 Å². The number of hydrogen-bond acceptors (Lipinski definition) is 4. The number of H-pyrrole nitrogens is 1. The maximum atomic E-state index is 12.1. The molecule has 0 atom stereocenters. The Labute approximate surface area is 106 Å². The average Bonchev–Trinajstić information content (AvgIpc) is 2.54. The number of carbonyl (C=O) groups excluding carboxylic acids is 2. The molecule has 0 fully saturated rings. The van der Waals surface area contributed by atoms with E-state index in [2.05, 4.69) is 4.98 Å². The van der Waals surface area contributed by atoms with E-state index in [9.17, 15) is 9.59 Å². The van der Waals surface area contributed by atoms with Crippen LogP contribution < -0.4 is 5.73 Å². The summed E-state index contributed by atoms with van der Waals surface area (Å²) in [6, 6.07) is 0. The SMILES string of the molecule is CCOC(=O)c1[nH]c2c(c1N)C(=O)CC(C)(C)C2. The number of aromatic nitrogens is 1. The van der Waals surface area contributed by atoms with Crippen LogP contribution in [0.2, 0.25) is 0 Å². The van der Waals surface area contributed by atoms with Gasteiger partial charge >= 0.3 is 5.97 Å². The second kappa shape index (κ2) is 4.15. The van der Waals surface area contributed by atoms with Crippen molar-refractivity contribution >= 4 is 17.4 Å². The van der Waals surface area contributed by atoms with E-state index in [0.717, 1.165) is 5.69 Å². The Morgan fingerprint density at radius 3 is 2.72 bits per heavy atom. The minimum Gasteiger partial charge on any atom is -0.461 e. The monoisotopic (exact) mass is 250 g/mol. The highest BCUT2D eigenvalue weighted by Crippen LogP contribution is 2.38. The predicted octanol–water partition coefficient (Wildman–Crippen LogP) is 1.93. The number of rotatable bonds is 2. The molecular weight excluding hydrogens is 232 g/mol. The second-order valence-corrected chi connectivity index (χ2v) is 5.43. The Bertz CT molecular complexity index is 515. The lowest BCUT2D eigenvalue weighted by atomic mass is 9.76. The first-order valence-corrected chi connectivity index (χ1v) is 6.06. The zero-order valence-corrected chi connectivity index (χ0v) is 10.9. The second-order valence-electron chi connectivity index (χ2n) is 5.43. The molecule has 2 rings (SSSR count). The molecule has 1 aromatic rings. The maximum Gasteiger partial charge on any atom is 0.356 e. The lowest BCUT2D eigenvalue weighted by Crippen LogP contribution is -2.26. The molecule has 0 amide bonds. The Morgan fingerprint density at radius 2 is 2.11 bits per heavy atom. The summed E-state index contributed by atoms with van der Waals surface area (Å²) in [5, 5.41) is 0. The summed E-state index contributed by atoms with van der Waals surface area (Å²) >= 11 is 0. The molecule has 0 aromatic carbocycles. The van der Waals surface area contributed by atoms with Crippen molar-refractivity contribution < 1.29 is 14.3 Å². The fraction of sp³-hybridized carbons (Fsp3) is 0.538. The Kier molecular flexibility index (Phi) is 2.92. The number of ether oxygens (including phenoxy) is 1. The molecule has 0 bridgehead atoms. The molecule has 0 saturated heterocycles. The molecule has 1 aliphatic rings. The number of hydrogen-bond donors (Lipinski definition) is 2. The Hall–Kier alpha value is -1.78. The number of fused-ring (bicyclic) bond motifs is 1. The van der Waals surface area contributed by atoms with E-state index in [0.29, 0.717) is 18.4 Å². The number of nitrogens with one attached hydrogen (secondary N) is 1. The molecule has 0 unspecified atom stereocenters. The first kappa shape index (κ1) is 12.7. The van der Waals surface area contributed by atoms with Gasteiger partial charge < -0.3 is 15.5 Å². The van der Waals surface area contributed by atoms with Crippen LogP contribution in [-0.2, 0) is 11.2 Å². The van der Waals surface area contributed by atoms with Crippen molar-refractivity contribution in [3.05, 3.63) is 17.0 Å². The molecule has 0 radical (unpaired) electrons. The summed E-state index contributed by atoms with van der Waals surface area (Å²) in [5.74, 6) is -0.513. The van der Waals surface area contributed by atoms with E-state index < -0.39 is 5.97 Å². The van der Waals surface area contributed by atoms with Crippen LogP contribution in [0.3, 0.4) is 0 Å². The number of nitrogen functional groups attached to an aromatic ring is 1. The molecule has 1 heterocycles. The summed E-state index contributed by atoms with van der Waals surface area (Å²) in [7, 11) is 0. The summed E-state index contributed by atoms with van der Waals surface area (Å²) in [6.07, 6.45) is 1.15. The third kappa shape index (κ3) is 2.00. The van der Waals surface area contributed by atoms with Crippen molar-refractivity contribution in [1.29, 1.82) is 0 Å². The fourth-order valence-electron chi connectivity index (χ4n) is 2.45. The first-order chi connectivity index (χ1) is 8.35. The van der Waals surface area contributed by atoms with Crippen molar-refractivity contribution in [2.24, 2.45) is 5.41 Å². The molecule has 5 nitrogen and oxygen atoms in total. The Balaban J connectivity index is 2.45. The van der Waals surface area contributed by atoms with Gasteiger partial charge in [-0.15, -0.1) is 0 Å². The van der Waals surface area contributed by atoms with Gasteiger partial charge in [-0.25, -0.2) is 4.79 Å². The fourth-order valence-corrected chi connectivity index (χ4v) is 2.45. The summed E-state index contributed by atoms with van der Waals surface area (Å²) in [4.78, 5) is 26.7. The van der Waals surface area contributed by atoms with Gasteiger partial charge in [0, 0.05) is 12.1 Å². The highest BCUT2D eigenvalue weighted by Gasteiger charge is 2.35. The predicted molar refractivity (Wildman–Crippen MR) is 67.6 cm³/mol. The van der Waals surface area contributed by atoms with E-state index in [1.54, 1.807) is 6.92 Å². The lowest BCUT2D eigenvalue weighted by Gasteiger charge is -2.28. The standard InChI is InChI=1S/C13H18N2O3/c1-4-18-12(17)11-10(14)9-7(15-11)5-13(2,3)6-8(9)16/h15H,4-6,14H2,1-3H3. The summed E-state index contributed by atoms with van der Waals surface area (Å²) in [6.45, 7) is 6.05. The van der Waals surface area contributed by atoms with Crippen LogP contribution in [0.25, 0.3) is 0 Å².